The number of rotatable bonds is 4. The van der Waals surface area contributed by atoms with Crippen molar-refractivity contribution >= 4 is 19.9 Å². The lowest BCUT2D eigenvalue weighted by atomic mass is 10.0. The molecule has 0 amide bonds. The molecular formula is C23H27NO4S2. The third kappa shape index (κ3) is 3.81. The van der Waals surface area contributed by atoms with Gasteiger partial charge < -0.3 is 0 Å². The highest BCUT2D eigenvalue weighted by Crippen LogP contribution is 2.40. The van der Waals surface area contributed by atoms with Gasteiger partial charge in [0.05, 0.1) is 9.79 Å². The van der Waals surface area contributed by atoms with E-state index in [1.165, 1.54) is 4.31 Å². The van der Waals surface area contributed by atoms with Crippen LogP contribution in [-0.4, -0.2) is 32.4 Å². The highest BCUT2D eigenvalue weighted by molar-refractivity contribution is 7.92. The molecule has 2 heterocycles. The first-order valence-electron chi connectivity index (χ1n) is 10.4. The molecular weight excluding hydrogens is 418 g/mol. The zero-order chi connectivity index (χ0) is 21.4. The summed E-state index contributed by atoms with van der Waals surface area (Å²) in [6.45, 7) is 1.91. The topological polar surface area (TPSA) is 71.5 Å². The van der Waals surface area contributed by atoms with Crippen LogP contribution < -0.4 is 0 Å². The van der Waals surface area contributed by atoms with Crippen LogP contribution in [0.3, 0.4) is 0 Å². The molecule has 2 bridgehead atoms. The average molecular weight is 446 g/mol. The van der Waals surface area contributed by atoms with Gasteiger partial charge in [0.1, 0.15) is 5.25 Å². The molecule has 0 unspecified atom stereocenters. The monoisotopic (exact) mass is 445 g/mol. The van der Waals surface area contributed by atoms with Gasteiger partial charge in [-0.25, -0.2) is 16.8 Å². The standard InChI is InChI=1S/C23H27NO4S2/c1-18-12-15-21(16-13-18)30(27,28)24-19-8-4-2-7-11-23(22(24)17-14-19)29(25,26)20-9-5-3-6-10-20/h3,5-6,9-10,12-13,15-17,19,23H,2,4,7-8,11,14H2,1H3/t19-,23-/m0/s1. The Labute approximate surface area is 179 Å². The van der Waals surface area contributed by atoms with Crippen molar-refractivity contribution in [2.45, 2.75) is 66.5 Å². The Bertz CT molecular complexity index is 1140. The number of aryl methyl sites for hydroxylation is 1. The summed E-state index contributed by atoms with van der Waals surface area (Å²) in [7, 11) is -7.55. The molecule has 30 heavy (non-hydrogen) atoms. The molecule has 0 radical (unpaired) electrons. The van der Waals surface area contributed by atoms with Crippen molar-refractivity contribution in [2.75, 3.05) is 0 Å². The minimum absolute atomic E-state index is 0.209. The van der Waals surface area contributed by atoms with Crippen LogP contribution in [0.1, 0.15) is 44.1 Å². The van der Waals surface area contributed by atoms with E-state index in [-0.39, 0.29) is 15.8 Å². The fourth-order valence-electron chi connectivity index (χ4n) is 4.44. The smallest absolute Gasteiger partial charge is 0.264 e. The molecule has 7 heteroatoms. The minimum Gasteiger partial charge on any atom is -0.266 e. The first-order valence-corrected chi connectivity index (χ1v) is 13.4. The van der Waals surface area contributed by atoms with Crippen LogP contribution in [0.15, 0.2) is 76.2 Å². The normalized spacial score (nSPS) is 22.7. The molecule has 4 rings (SSSR count). The molecule has 2 aliphatic heterocycles. The molecule has 2 aromatic rings. The van der Waals surface area contributed by atoms with Gasteiger partial charge in [0.2, 0.25) is 0 Å². The number of nitrogens with zero attached hydrogens (tertiary/aromatic N) is 1. The summed E-state index contributed by atoms with van der Waals surface area (Å²) in [5.74, 6) is 0. The number of sulfonamides is 1. The lowest BCUT2D eigenvalue weighted by Gasteiger charge is -2.32. The second-order valence-electron chi connectivity index (χ2n) is 8.12. The van der Waals surface area contributed by atoms with E-state index in [0.29, 0.717) is 18.5 Å². The largest absolute Gasteiger partial charge is 0.266 e. The molecule has 160 valence electrons. The van der Waals surface area contributed by atoms with Gasteiger partial charge in [0, 0.05) is 11.7 Å². The van der Waals surface area contributed by atoms with Crippen LogP contribution >= 0.6 is 0 Å². The molecule has 0 saturated carbocycles. The maximum absolute atomic E-state index is 13.6. The van der Waals surface area contributed by atoms with E-state index >= 15 is 0 Å². The number of fused-ring (bicyclic) bond motifs is 2. The summed E-state index contributed by atoms with van der Waals surface area (Å²) in [6, 6.07) is 14.9. The van der Waals surface area contributed by atoms with Gasteiger partial charge in [0.25, 0.3) is 10.0 Å². The van der Waals surface area contributed by atoms with Crippen LogP contribution in [0.2, 0.25) is 0 Å². The SMILES string of the molecule is Cc1ccc(S(=O)(=O)N2C3=CC[C@@H]2CCCCC[C@@H]3S(=O)(=O)c2ccccc2)cc1. The molecule has 1 fully saturated rings. The van der Waals surface area contributed by atoms with Crippen LogP contribution in [0, 0.1) is 6.92 Å². The third-order valence-corrected chi connectivity index (χ3v) is 10.1. The molecule has 5 nitrogen and oxygen atoms in total. The third-order valence-electron chi connectivity index (χ3n) is 6.04. The van der Waals surface area contributed by atoms with E-state index in [9.17, 15) is 16.8 Å². The molecule has 0 N–H and O–H groups in total. The second kappa shape index (κ2) is 8.19. The van der Waals surface area contributed by atoms with Gasteiger partial charge in [-0.05, 0) is 50.5 Å². The number of sulfone groups is 1. The van der Waals surface area contributed by atoms with Crippen molar-refractivity contribution in [1.29, 1.82) is 0 Å². The zero-order valence-corrected chi connectivity index (χ0v) is 18.7. The van der Waals surface area contributed by atoms with Gasteiger partial charge in [-0.1, -0.05) is 61.2 Å². The minimum atomic E-state index is -3.85. The predicted octanol–water partition coefficient (Wildman–Crippen LogP) is 4.45. The van der Waals surface area contributed by atoms with Gasteiger partial charge in [0.15, 0.2) is 9.84 Å². The Morgan fingerprint density at radius 1 is 0.800 bits per heavy atom. The highest BCUT2D eigenvalue weighted by Gasteiger charge is 2.44. The van der Waals surface area contributed by atoms with Crippen LogP contribution in [0.5, 0.6) is 0 Å². The Hall–Kier alpha value is -2.12. The van der Waals surface area contributed by atoms with Crippen molar-refractivity contribution in [3.05, 3.63) is 71.9 Å². The Morgan fingerprint density at radius 2 is 1.47 bits per heavy atom. The summed E-state index contributed by atoms with van der Waals surface area (Å²) in [5.41, 5.74) is 1.40. The number of hydrogen-bond acceptors (Lipinski definition) is 4. The van der Waals surface area contributed by atoms with Gasteiger partial charge in [-0.2, -0.15) is 0 Å². The maximum atomic E-state index is 13.6. The fraction of sp³-hybridized carbons (Fsp3) is 0.391. The van der Waals surface area contributed by atoms with E-state index < -0.39 is 25.1 Å². The predicted molar refractivity (Wildman–Crippen MR) is 117 cm³/mol. The lowest BCUT2D eigenvalue weighted by Crippen LogP contribution is -2.40. The maximum Gasteiger partial charge on any atom is 0.264 e. The van der Waals surface area contributed by atoms with Crippen LogP contribution in [-0.2, 0) is 19.9 Å². The van der Waals surface area contributed by atoms with Crippen molar-refractivity contribution in [3.63, 3.8) is 0 Å². The first kappa shape index (κ1) is 21.1. The Balaban J connectivity index is 1.81. The van der Waals surface area contributed by atoms with E-state index in [2.05, 4.69) is 0 Å². The van der Waals surface area contributed by atoms with E-state index in [0.717, 1.165) is 31.2 Å². The van der Waals surface area contributed by atoms with Gasteiger partial charge >= 0.3 is 0 Å². The molecule has 1 saturated heterocycles. The summed E-state index contributed by atoms with van der Waals surface area (Å²) < 4.78 is 55.8. The lowest BCUT2D eigenvalue weighted by molar-refractivity contribution is 0.375. The van der Waals surface area contributed by atoms with Crippen LogP contribution in [0.25, 0.3) is 0 Å². The van der Waals surface area contributed by atoms with Crippen molar-refractivity contribution in [3.8, 4) is 0 Å². The molecule has 0 aromatic heterocycles. The summed E-state index contributed by atoms with van der Waals surface area (Å²) in [4.78, 5) is 0.451. The molecule has 2 aromatic carbocycles. The quantitative estimate of drug-likeness (QED) is 0.697. The van der Waals surface area contributed by atoms with Crippen molar-refractivity contribution in [2.24, 2.45) is 0 Å². The molecule has 2 aliphatic rings. The van der Waals surface area contributed by atoms with Gasteiger partial charge in [-0.15, -0.1) is 0 Å². The average Bonchev–Trinajstić information content (AvgIpc) is 3.19. The van der Waals surface area contributed by atoms with E-state index in [1.807, 2.05) is 13.0 Å². The molecule has 0 spiro atoms. The summed E-state index contributed by atoms with van der Waals surface area (Å²) in [5, 5.41) is -0.858. The van der Waals surface area contributed by atoms with E-state index in [1.54, 1.807) is 54.6 Å². The fourth-order valence-corrected chi connectivity index (χ4v) is 8.15. The van der Waals surface area contributed by atoms with Crippen molar-refractivity contribution in [1.82, 2.24) is 4.31 Å². The first-order chi connectivity index (χ1) is 14.3. The second-order valence-corrected chi connectivity index (χ2v) is 12.1. The highest BCUT2D eigenvalue weighted by atomic mass is 32.2. The number of benzene rings is 2. The Morgan fingerprint density at radius 3 is 2.17 bits per heavy atom. The van der Waals surface area contributed by atoms with Crippen LogP contribution in [0.4, 0.5) is 0 Å². The molecule has 2 atom stereocenters. The Kier molecular flexibility index (Phi) is 5.77. The van der Waals surface area contributed by atoms with Gasteiger partial charge in [-0.3, -0.25) is 4.31 Å². The zero-order valence-electron chi connectivity index (χ0n) is 17.1. The number of hydrogen-bond donors (Lipinski definition) is 0. The van der Waals surface area contributed by atoms with Crippen molar-refractivity contribution < 1.29 is 16.8 Å². The summed E-state index contributed by atoms with van der Waals surface area (Å²) in [6.07, 6.45) is 6.12. The molecule has 0 aliphatic carbocycles. The summed E-state index contributed by atoms with van der Waals surface area (Å²) >= 11 is 0. The van der Waals surface area contributed by atoms with E-state index in [4.69, 9.17) is 0 Å².